The van der Waals surface area contributed by atoms with E-state index in [2.05, 4.69) is 15.6 Å². The number of hydrogen-bond acceptors (Lipinski definition) is 7. The minimum Gasteiger partial charge on any atom is -0.454 e. The molecule has 0 fully saturated rings. The molecule has 0 aliphatic carbocycles. The Morgan fingerprint density at radius 2 is 2.16 bits per heavy atom. The number of methoxy groups -OCH3 is 1. The molecule has 0 unspecified atom stereocenters. The molecule has 0 saturated heterocycles. The topological polar surface area (TPSA) is 81.7 Å². The van der Waals surface area contributed by atoms with Crippen LogP contribution in [0.2, 0.25) is 0 Å². The van der Waals surface area contributed by atoms with Crippen LogP contribution < -0.4 is 20.1 Å². The Balaban J connectivity index is 1.47. The van der Waals surface area contributed by atoms with E-state index in [0.717, 1.165) is 34.3 Å². The Labute approximate surface area is 150 Å². The second-order valence-corrected chi connectivity index (χ2v) is 6.34. The van der Waals surface area contributed by atoms with Gasteiger partial charge in [0.1, 0.15) is 5.01 Å². The molecular formula is C17H21N3O4S. The minimum atomic E-state index is -0.0314. The Morgan fingerprint density at radius 1 is 1.28 bits per heavy atom. The normalized spacial score (nSPS) is 12.4. The SMILES string of the molecule is COCCNCCNC(=O)Cc1csc(-c2ccc3c(c2)OCO3)n1. The summed E-state index contributed by atoms with van der Waals surface area (Å²) in [5.74, 6) is 1.45. The van der Waals surface area contributed by atoms with Crippen molar-refractivity contribution in [2.45, 2.75) is 6.42 Å². The Kier molecular flexibility index (Phi) is 6.21. The van der Waals surface area contributed by atoms with Crippen LogP contribution in [0.1, 0.15) is 5.69 Å². The van der Waals surface area contributed by atoms with E-state index < -0.39 is 0 Å². The van der Waals surface area contributed by atoms with E-state index >= 15 is 0 Å². The Morgan fingerprint density at radius 3 is 3.04 bits per heavy atom. The lowest BCUT2D eigenvalue weighted by atomic mass is 10.2. The number of carbonyl (C=O) groups is 1. The molecule has 0 saturated carbocycles. The highest BCUT2D eigenvalue weighted by Gasteiger charge is 2.15. The summed E-state index contributed by atoms with van der Waals surface area (Å²) < 4.78 is 15.6. The number of amides is 1. The molecule has 1 aliphatic rings. The highest BCUT2D eigenvalue weighted by atomic mass is 32.1. The number of rotatable bonds is 9. The molecule has 0 spiro atoms. The van der Waals surface area contributed by atoms with Crippen molar-refractivity contribution in [1.82, 2.24) is 15.6 Å². The van der Waals surface area contributed by atoms with Gasteiger partial charge in [0.2, 0.25) is 12.7 Å². The predicted octanol–water partition coefficient (Wildman–Crippen LogP) is 1.43. The van der Waals surface area contributed by atoms with Crippen LogP contribution in [0.5, 0.6) is 11.5 Å². The maximum Gasteiger partial charge on any atom is 0.231 e. The van der Waals surface area contributed by atoms with Gasteiger partial charge < -0.3 is 24.8 Å². The standard InChI is InChI=1S/C17H21N3O4S/c1-22-7-6-18-4-5-19-16(21)9-13-10-25-17(20-13)12-2-3-14-15(8-12)24-11-23-14/h2-3,8,10,18H,4-7,9,11H2,1H3,(H,19,21). The summed E-state index contributed by atoms with van der Waals surface area (Å²) in [6.07, 6.45) is 0.277. The third-order valence-corrected chi connectivity index (χ3v) is 4.56. The predicted molar refractivity (Wildman–Crippen MR) is 95.1 cm³/mol. The molecule has 0 bridgehead atoms. The molecule has 2 N–H and O–H groups in total. The fraction of sp³-hybridized carbons (Fsp3) is 0.412. The van der Waals surface area contributed by atoms with Gasteiger partial charge in [-0.15, -0.1) is 11.3 Å². The first-order valence-electron chi connectivity index (χ1n) is 8.07. The van der Waals surface area contributed by atoms with Gasteiger partial charge in [-0.25, -0.2) is 4.98 Å². The van der Waals surface area contributed by atoms with Gasteiger partial charge in [0.25, 0.3) is 0 Å². The monoisotopic (exact) mass is 363 g/mol. The van der Waals surface area contributed by atoms with Gasteiger partial charge in [0.05, 0.1) is 18.7 Å². The van der Waals surface area contributed by atoms with Crippen LogP contribution in [0, 0.1) is 0 Å². The molecule has 25 heavy (non-hydrogen) atoms. The zero-order valence-corrected chi connectivity index (χ0v) is 14.9. The number of hydrogen-bond donors (Lipinski definition) is 2. The zero-order chi connectivity index (χ0) is 17.5. The number of nitrogens with zero attached hydrogens (tertiary/aromatic N) is 1. The molecule has 8 heteroatoms. The van der Waals surface area contributed by atoms with Gasteiger partial charge in [-0.2, -0.15) is 0 Å². The first-order valence-corrected chi connectivity index (χ1v) is 8.95. The number of thiazole rings is 1. The number of nitrogens with one attached hydrogen (secondary N) is 2. The minimum absolute atomic E-state index is 0.0314. The van der Waals surface area contributed by atoms with E-state index in [1.165, 1.54) is 11.3 Å². The third-order valence-electron chi connectivity index (χ3n) is 3.62. The van der Waals surface area contributed by atoms with E-state index in [1.54, 1.807) is 7.11 Å². The smallest absolute Gasteiger partial charge is 0.231 e. The molecule has 2 heterocycles. The Bertz CT molecular complexity index is 720. The lowest BCUT2D eigenvalue weighted by Crippen LogP contribution is -2.33. The summed E-state index contributed by atoms with van der Waals surface area (Å²) in [6, 6.07) is 5.74. The number of ether oxygens (including phenoxy) is 3. The van der Waals surface area contributed by atoms with Crippen LogP contribution in [0.25, 0.3) is 10.6 Å². The lowest BCUT2D eigenvalue weighted by molar-refractivity contribution is -0.120. The van der Waals surface area contributed by atoms with Crippen LogP contribution in [-0.2, 0) is 16.0 Å². The van der Waals surface area contributed by atoms with Crippen molar-refractivity contribution in [2.24, 2.45) is 0 Å². The first-order chi connectivity index (χ1) is 12.3. The van der Waals surface area contributed by atoms with E-state index in [9.17, 15) is 4.79 Å². The number of aromatic nitrogens is 1. The van der Waals surface area contributed by atoms with Crippen LogP contribution in [0.15, 0.2) is 23.6 Å². The molecule has 7 nitrogen and oxygen atoms in total. The number of benzene rings is 1. The largest absolute Gasteiger partial charge is 0.454 e. The average Bonchev–Trinajstić information content (AvgIpc) is 3.26. The van der Waals surface area contributed by atoms with Gasteiger partial charge in [-0.1, -0.05) is 0 Å². The molecule has 3 rings (SSSR count). The molecule has 1 aromatic carbocycles. The van der Waals surface area contributed by atoms with E-state index in [1.807, 2.05) is 23.6 Å². The molecule has 2 aromatic rings. The molecular weight excluding hydrogens is 342 g/mol. The number of carbonyl (C=O) groups excluding carboxylic acids is 1. The van der Waals surface area contributed by atoms with Gasteiger partial charge in [-0.3, -0.25) is 4.79 Å². The fourth-order valence-electron chi connectivity index (χ4n) is 2.37. The number of fused-ring (bicyclic) bond motifs is 1. The van der Waals surface area contributed by atoms with E-state index in [4.69, 9.17) is 14.2 Å². The lowest BCUT2D eigenvalue weighted by Gasteiger charge is -2.05. The Hall–Kier alpha value is -2.16. The van der Waals surface area contributed by atoms with Crippen LogP contribution in [0.4, 0.5) is 0 Å². The second kappa shape index (κ2) is 8.80. The van der Waals surface area contributed by atoms with Crippen LogP contribution in [-0.4, -0.2) is 51.0 Å². The van der Waals surface area contributed by atoms with E-state index in [0.29, 0.717) is 19.7 Å². The average molecular weight is 363 g/mol. The van der Waals surface area contributed by atoms with E-state index in [-0.39, 0.29) is 19.1 Å². The van der Waals surface area contributed by atoms with Crippen LogP contribution >= 0.6 is 11.3 Å². The van der Waals surface area contributed by atoms with Crippen molar-refractivity contribution in [3.8, 4) is 22.1 Å². The first kappa shape index (κ1) is 17.7. The van der Waals surface area contributed by atoms with Crippen LogP contribution in [0.3, 0.4) is 0 Å². The van der Waals surface area contributed by atoms with Gasteiger partial charge in [0, 0.05) is 37.7 Å². The second-order valence-electron chi connectivity index (χ2n) is 5.48. The van der Waals surface area contributed by atoms with Crippen molar-refractivity contribution in [2.75, 3.05) is 40.1 Å². The summed E-state index contributed by atoms with van der Waals surface area (Å²) >= 11 is 1.51. The summed E-state index contributed by atoms with van der Waals surface area (Å²) in [5, 5.41) is 8.83. The zero-order valence-electron chi connectivity index (χ0n) is 14.0. The van der Waals surface area contributed by atoms with Crippen molar-refractivity contribution < 1.29 is 19.0 Å². The third kappa shape index (κ3) is 4.91. The summed E-state index contributed by atoms with van der Waals surface area (Å²) in [7, 11) is 1.66. The molecule has 134 valence electrons. The molecule has 0 atom stereocenters. The van der Waals surface area contributed by atoms with Gasteiger partial charge in [-0.05, 0) is 18.2 Å². The summed E-state index contributed by atoms with van der Waals surface area (Å²) in [6.45, 7) is 2.99. The molecule has 1 aromatic heterocycles. The van der Waals surface area contributed by atoms with Gasteiger partial charge in [0.15, 0.2) is 11.5 Å². The van der Waals surface area contributed by atoms with Crippen molar-refractivity contribution in [1.29, 1.82) is 0 Å². The quantitative estimate of drug-likeness (QED) is 0.656. The summed E-state index contributed by atoms with van der Waals surface area (Å²) in [4.78, 5) is 16.5. The fourth-order valence-corrected chi connectivity index (χ4v) is 3.18. The summed E-state index contributed by atoms with van der Waals surface area (Å²) in [5.41, 5.74) is 1.73. The highest BCUT2D eigenvalue weighted by molar-refractivity contribution is 7.13. The highest BCUT2D eigenvalue weighted by Crippen LogP contribution is 2.36. The van der Waals surface area contributed by atoms with Crippen molar-refractivity contribution in [3.05, 3.63) is 29.3 Å². The maximum atomic E-state index is 12.0. The molecule has 0 radical (unpaired) electrons. The molecule has 1 amide bonds. The molecule has 1 aliphatic heterocycles. The van der Waals surface area contributed by atoms with Gasteiger partial charge >= 0.3 is 0 Å². The maximum absolute atomic E-state index is 12.0. The van der Waals surface area contributed by atoms with Crippen molar-refractivity contribution in [3.63, 3.8) is 0 Å². The van der Waals surface area contributed by atoms with Crippen molar-refractivity contribution >= 4 is 17.2 Å².